The third-order valence-corrected chi connectivity index (χ3v) is 1.86. The van der Waals surface area contributed by atoms with Crippen LogP contribution in [0.3, 0.4) is 0 Å². The average molecular weight is 177 g/mol. The van der Waals surface area contributed by atoms with Crippen molar-refractivity contribution in [2.75, 3.05) is 5.73 Å². The molecule has 0 saturated heterocycles. The number of para-hydroxylation sites is 1. The number of aromatic carboxylic acids is 1. The van der Waals surface area contributed by atoms with E-state index in [1.807, 2.05) is 0 Å². The molecule has 0 amide bonds. The van der Waals surface area contributed by atoms with E-state index in [1.54, 1.807) is 12.1 Å². The number of hydrogen-bond acceptors (Lipinski definition) is 3. The minimum atomic E-state index is -0.991. The van der Waals surface area contributed by atoms with Gasteiger partial charge in [-0.2, -0.15) is 5.10 Å². The number of anilines is 1. The van der Waals surface area contributed by atoms with Gasteiger partial charge in [0, 0.05) is 5.39 Å². The van der Waals surface area contributed by atoms with Crippen molar-refractivity contribution >= 4 is 22.7 Å². The highest BCUT2D eigenvalue weighted by atomic mass is 16.4. The molecule has 0 aliphatic heterocycles. The second kappa shape index (κ2) is 2.48. The van der Waals surface area contributed by atoms with Crippen LogP contribution in [0.15, 0.2) is 18.2 Å². The number of benzene rings is 1. The predicted molar refractivity (Wildman–Crippen MR) is 47.5 cm³/mol. The maximum Gasteiger partial charge on any atom is 0.337 e. The Morgan fingerprint density at radius 3 is 3.00 bits per heavy atom. The number of nitrogens with one attached hydrogen (secondary N) is 1. The van der Waals surface area contributed by atoms with Crippen molar-refractivity contribution in [1.82, 2.24) is 10.2 Å². The standard InChI is InChI=1S/C8H7N3O2/c9-7-4-2-1-3-5(8(12)13)6(4)10-11-7/h1-3H,(H,12,13)(H3,9,10,11). The van der Waals surface area contributed by atoms with E-state index < -0.39 is 5.97 Å². The molecule has 0 spiro atoms. The number of carboxylic acid groups (broad SMARTS) is 1. The average Bonchev–Trinajstić information content (AvgIpc) is 2.48. The fourth-order valence-corrected chi connectivity index (χ4v) is 1.24. The molecule has 0 aliphatic carbocycles. The minimum Gasteiger partial charge on any atom is -0.478 e. The topological polar surface area (TPSA) is 92.0 Å². The van der Waals surface area contributed by atoms with Gasteiger partial charge in [-0.1, -0.05) is 6.07 Å². The Kier molecular flexibility index (Phi) is 1.45. The molecule has 0 saturated carbocycles. The highest BCUT2D eigenvalue weighted by molar-refractivity contribution is 6.04. The first kappa shape index (κ1) is 7.60. The first-order valence-corrected chi connectivity index (χ1v) is 3.66. The van der Waals surface area contributed by atoms with Crippen molar-refractivity contribution in [2.24, 2.45) is 0 Å². The van der Waals surface area contributed by atoms with Gasteiger partial charge in [0.1, 0.15) is 0 Å². The van der Waals surface area contributed by atoms with E-state index >= 15 is 0 Å². The van der Waals surface area contributed by atoms with Crippen molar-refractivity contribution in [3.63, 3.8) is 0 Å². The maximum absolute atomic E-state index is 10.7. The Hall–Kier alpha value is -2.04. The van der Waals surface area contributed by atoms with Crippen molar-refractivity contribution in [3.8, 4) is 0 Å². The molecule has 0 aliphatic rings. The number of carboxylic acids is 1. The van der Waals surface area contributed by atoms with E-state index in [2.05, 4.69) is 10.2 Å². The van der Waals surface area contributed by atoms with E-state index in [-0.39, 0.29) is 5.56 Å². The molecule has 1 heterocycles. The zero-order chi connectivity index (χ0) is 9.42. The lowest BCUT2D eigenvalue weighted by Gasteiger charge is -1.94. The van der Waals surface area contributed by atoms with Gasteiger partial charge >= 0.3 is 5.97 Å². The molecule has 5 nitrogen and oxygen atoms in total. The van der Waals surface area contributed by atoms with E-state index in [4.69, 9.17) is 10.8 Å². The largest absolute Gasteiger partial charge is 0.478 e. The van der Waals surface area contributed by atoms with E-state index in [1.165, 1.54) is 6.07 Å². The van der Waals surface area contributed by atoms with Crippen molar-refractivity contribution < 1.29 is 9.90 Å². The zero-order valence-corrected chi connectivity index (χ0v) is 6.61. The fourth-order valence-electron chi connectivity index (χ4n) is 1.24. The van der Waals surface area contributed by atoms with Crippen LogP contribution in [-0.2, 0) is 0 Å². The van der Waals surface area contributed by atoms with Gasteiger partial charge in [-0.3, -0.25) is 5.10 Å². The lowest BCUT2D eigenvalue weighted by atomic mass is 10.1. The van der Waals surface area contributed by atoms with Gasteiger partial charge in [0.15, 0.2) is 5.82 Å². The van der Waals surface area contributed by atoms with Crippen LogP contribution in [-0.4, -0.2) is 21.3 Å². The Balaban J connectivity index is 2.84. The minimum absolute atomic E-state index is 0.182. The Morgan fingerprint density at radius 2 is 2.31 bits per heavy atom. The van der Waals surface area contributed by atoms with Gasteiger partial charge in [-0.05, 0) is 12.1 Å². The van der Waals surface area contributed by atoms with Gasteiger partial charge in [0.25, 0.3) is 0 Å². The molecule has 2 rings (SSSR count). The number of fused-ring (bicyclic) bond motifs is 1. The van der Waals surface area contributed by atoms with Gasteiger partial charge in [-0.25, -0.2) is 4.79 Å². The molecule has 5 heteroatoms. The molecule has 13 heavy (non-hydrogen) atoms. The third kappa shape index (κ3) is 1.01. The number of nitrogen functional groups attached to an aromatic ring is 1. The normalized spacial score (nSPS) is 10.5. The molecule has 2 aromatic rings. The Labute approximate surface area is 73.2 Å². The van der Waals surface area contributed by atoms with Crippen LogP contribution in [0.4, 0.5) is 5.82 Å². The van der Waals surface area contributed by atoms with E-state index in [0.29, 0.717) is 16.7 Å². The van der Waals surface area contributed by atoms with Gasteiger partial charge in [0.05, 0.1) is 11.1 Å². The second-order valence-electron chi connectivity index (χ2n) is 2.64. The summed E-state index contributed by atoms with van der Waals surface area (Å²) in [6.07, 6.45) is 0. The molecule has 0 unspecified atom stereocenters. The van der Waals surface area contributed by atoms with Crippen molar-refractivity contribution in [3.05, 3.63) is 23.8 Å². The van der Waals surface area contributed by atoms with Crippen molar-refractivity contribution in [2.45, 2.75) is 0 Å². The summed E-state index contributed by atoms with van der Waals surface area (Å²) in [6.45, 7) is 0. The number of rotatable bonds is 1. The van der Waals surface area contributed by atoms with Gasteiger partial charge in [0.2, 0.25) is 0 Å². The first-order valence-electron chi connectivity index (χ1n) is 3.66. The highest BCUT2D eigenvalue weighted by Gasteiger charge is 2.11. The molecule has 0 atom stereocenters. The number of aromatic nitrogens is 2. The molecule has 1 aromatic heterocycles. The monoisotopic (exact) mass is 177 g/mol. The molecule has 4 N–H and O–H groups in total. The summed E-state index contributed by atoms with van der Waals surface area (Å²) >= 11 is 0. The van der Waals surface area contributed by atoms with Gasteiger partial charge < -0.3 is 10.8 Å². The molecule has 0 bridgehead atoms. The van der Waals surface area contributed by atoms with Crippen LogP contribution in [0.25, 0.3) is 10.9 Å². The number of carbonyl (C=O) groups is 1. The second-order valence-corrected chi connectivity index (χ2v) is 2.64. The molecule has 0 fully saturated rings. The Morgan fingerprint density at radius 1 is 1.54 bits per heavy atom. The van der Waals surface area contributed by atoms with Crippen LogP contribution in [0, 0.1) is 0 Å². The van der Waals surface area contributed by atoms with E-state index in [9.17, 15) is 4.79 Å². The van der Waals surface area contributed by atoms with Crippen LogP contribution >= 0.6 is 0 Å². The van der Waals surface area contributed by atoms with E-state index in [0.717, 1.165) is 0 Å². The predicted octanol–water partition coefficient (Wildman–Crippen LogP) is 0.843. The molecule has 1 aromatic carbocycles. The summed E-state index contributed by atoms with van der Waals surface area (Å²) in [6, 6.07) is 4.86. The number of aromatic amines is 1. The summed E-state index contributed by atoms with van der Waals surface area (Å²) in [5, 5.41) is 15.8. The molecular weight excluding hydrogens is 170 g/mol. The molecule has 0 radical (unpaired) electrons. The first-order chi connectivity index (χ1) is 6.20. The molecule has 66 valence electrons. The fraction of sp³-hybridized carbons (Fsp3) is 0. The van der Waals surface area contributed by atoms with Gasteiger partial charge in [-0.15, -0.1) is 0 Å². The summed E-state index contributed by atoms with van der Waals surface area (Å²) in [7, 11) is 0. The quantitative estimate of drug-likeness (QED) is 0.601. The Bertz CT molecular complexity index is 475. The lowest BCUT2D eigenvalue weighted by molar-refractivity contribution is 0.0699. The lowest BCUT2D eigenvalue weighted by Crippen LogP contribution is -1.96. The zero-order valence-electron chi connectivity index (χ0n) is 6.61. The molecular formula is C8H7N3O2. The van der Waals surface area contributed by atoms with Crippen LogP contribution in [0.5, 0.6) is 0 Å². The van der Waals surface area contributed by atoms with Crippen LogP contribution in [0.2, 0.25) is 0 Å². The number of nitrogens with two attached hydrogens (primary N) is 1. The maximum atomic E-state index is 10.7. The highest BCUT2D eigenvalue weighted by Crippen LogP contribution is 2.20. The number of nitrogens with zero attached hydrogens (tertiary/aromatic N) is 1. The third-order valence-electron chi connectivity index (χ3n) is 1.86. The van der Waals surface area contributed by atoms with Crippen molar-refractivity contribution in [1.29, 1.82) is 0 Å². The SMILES string of the molecule is Nc1n[nH]c2c(C(=O)O)cccc12. The summed E-state index contributed by atoms with van der Waals surface area (Å²) < 4.78 is 0. The smallest absolute Gasteiger partial charge is 0.337 e. The van der Waals surface area contributed by atoms with Crippen LogP contribution in [0.1, 0.15) is 10.4 Å². The number of H-pyrrole nitrogens is 1. The number of hydrogen-bond donors (Lipinski definition) is 3. The summed E-state index contributed by atoms with van der Waals surface area (Å²) in [5.41, 5.74) is 6.16. The summed E-state index contributed by atoms with van der Waals surface area (Å²) in [5.74, 6) is -0.674. The van der Waals surface area contributed by atoms with Crippen LogP contribution < -0.4 is 5.73 Å². The summed E-state index contributed by atoms with van der Waals surface area (Å²) in [4.78, 5) is 10.7.